The van der Waals surface area contributed by atoms with E-state index in [9.17, 15) is 12.8 Å². The fourth-order valence-electron chi connectivity index (χ4n) is 2.27. The number of hydrogen-bond donors (Lipinski definition) is 0. The van der Waals surface area contributed by atoms with Crippen LogP contribution in [0.4, 0.5) is 4.39 Å². The van der Waals surface area contributed by atoms with Crippen LogP contribution in [-0.2, 0) is 16.9 Å². The summed E-state index contributed by atoms with van der Waals surface area (Å²) in [4.78, 5) is 4.72. The number of nitrogens with zero attached hydrogens (tertiary/aromatic N) is 2. The molecular formula is C15H15Cl2FN2O2S. The lowest BCUT2D eigenvalue weighted by molar-refractivity contribution is 0.602. The van der Waals surface area contributed by atoms with Crippen LogP contribution >= 0.6 is 24.8 Å². The minimum atomic E-state index is -3.22. The van der Waals surface area contributed by atoms with E-state index < -0.39 is 9.84 Å². The summed E-state index contributed by atoms with van der Waals surface area (Å²) in [6.07, 6.45) is 1.17. The predicted molar refractivity (Wildman–Crippen MR) is 93.7 cm³/mol. The highest BCUT2D eigenvalue weighted by Gasteiger charge is 2.12. The zero-order valence-electron chi connectivity index (χ0n) is 12.4. The Hall–Kier alpha value is -1.63. The van der Waals surface area contributed by atoms with Crippen molar-refractivity contribution in [2.24, 2.45) is 7.05 Å². The summed E-state index contributed by atoms with van der Waals surface area (Å²) in [6.45, 7) is 0. The number of benzene rings is 2. The molecule has 0 saturated heterocycles. The first-order valence-corrected chi connectivity index (χ1v) is 8.18. The van der Waals surface area contributed by atoms with Gasteiger partial charge in [-0.25, -0.2) is 17.8 Å². The van der Waals surface area contributed by atoms with Gasteiger partial charge in [0.25, 0.3) is 0 Å². The molecule has 0 radical (unpaired) electrons. The minimum absolute atomic E-state index is 0. The summed E-state index contributed by atoms with van der Waals surface area (Å²) >= 11 is 0. The lowest BCUT2D eigenvalue weighted by Crippen LogP contribution is -1.97. The van der Waals surface area contributed by atoms with Gasteiger partial charge in [-0.05, 0) is 42.5 Å². The maximum Gasteiger partial charge on any atom is 0.175 e. The van der Waals surface area contributed by atoms with Crippen LogP contribution in [0.5, 0.6) is 0 Å². The van der Waals surface area contributed by atoms with Crippen molar-refractivity contribution < 1.29 is 12.8 Å². The molecule has 0 saturated carbocycles. The Kier molecular flexibility index (Phi) is 5.79. The van der Waals surface area contributed by atoms with Crippen molar-refractivity contribution in [1.29, 1.82) is 0 Å². The molecule has 124 valence electrons. The van der Waals surface area contributed by atoms with Crippen LogP contribution in [0.3, 0.4) is 0 Å². The molecule has 3 rings (SSSR count). The summed E-state index contributed by atoms with van der Waals surface area (Å²) in [5, 5.41) is 0. The minimum Gasteiger partial charge on any atom is -0.327 e. The highest BCUT2D eigenvalue weighted by Crippen LogP contribution is 2.25. The highest BCUT2D eigenvalue weighted by atomic mass is 35.5. The maximum atomic E-state index is 13.3. The van der Waals surface area contributed by atoms with Gasteiger partial charge in [0.05, 0.1) is 15.9 Å². The predicted octanol–water partition coefficient (Wildman–Crippen LogP) is 3.63. The van der Waals surface area contributed by atoms with Crippen molar-refractivity contribution in [2.75, 3.05) is 6.26 Å². The number of fused-ring (bicyclic) bond motifs is 1. The summed E-state index contributed by atoms with van der Waals surface area (Å²) in [6, 6.07) is 10.9. The monoisotopic (exact) mass is 376 g/mol. The van der Waals surface area contributed by atoms with Crippen molar-refractivity contribution in [3.05, 3.63) is 48.3 Å². The number of imidazole rings is 1. The molecule has 0 aliphatic rings. The Balaban J connectivity index is 0.00000132. The van der Waals surface area contributed by atoms with Crippen molar-refractivity contribution in [1.82, 2.24) is 9.55 Å². The van der Waals surface area contributed by atoms with E-state index in [0.717, 1.165) is 5.56 Å². The van der Waals surface area contributed by atoms with Crippen LogP contribution in [0.2, 0.25) is 0 Å². The van der Waals surface area contributed by atoms with E-state index in [1.165, 1.54) is 18.4 Å². The largest absolute Gasteiger partial charge is 0.327 e. The quantitative estimate of drug-likeness (QED) is 0.686. The van der Waals surface area contributed by atoms with Gasteiger partial charge in [-0.2, -0.15) is 0 Å². The van der Waals surface area contributed by atoms with Crippen LogP contribution in [0, 0.1) is 5.82 Å². The number of sulfone groups is 1. The number of aromatic nitrogens is 2. The molecule has 1 heterocycles. The third-order valence-corrected chi connectivity index (χ3v) is 4.51. The van der Waals surface area contributed by atoms with Crippen molar-refractivity contribution >= 4 is 45.7 Å². The van der Waals surface area contributed by atoms with E-state index in [1.807, 2.05) is 0 Å². The Morgan fingerprint density at radius 1 is 1.04 bits per heavy atom. The molecule has 0 aliphatic carbocycles. The van der Waals surface area contributed by atoms with E-state index in [2.05, 4.69) is 4.98 Å². The first-order chi connectivity index (χ1) is 9.86. The van der Waals surface area contributed by atoms with Gasteiger partial charge < -0.3 is 4.57 Å². The molecule has 3 aromatic rings. The highest BCUT2D eigenvalue weighted by molar-refractivity contribution is 7.90. The zero-order valence-corrected chi connectivity index (χ0v) is 14.8. The molecule has 23 heavy (non-hydrogen) atoms. The van der Waals surface area contributed by atoms with Gasteiger partial charge in [-0.3, -0.25) is 0 Å². The second kappa shape index (κ2) is 6.86. The Morgan fingerprint density at radius 3 is 2.22 bits per heavy atom. The molecule has 0 unspecified atom stereocenters. The SMILES string of the molecule is Cl.Cl.Cn1c(-c2ccc(S(C)(=O)=O)cc2)nc2ccc(F)cc21. The third-order valence-electron chi connectivity index (χ3n) is 3.38. The van der Waals surface area contributed by atoms with E-state index in [0.29, 0.717) is 16.9 Å². The van der Waals surface area contributed by atoms with E-state index >= 15 is 0 Å². The molecular weight excluding hydrogens is 362 g/mol. The number of halogens is 3. The number of rotatable bonds is 2. The van der Waals surface area contributed by atoms with Gasteiger partial charge in [0.1, 0.15) is 11.6 Å². The van der Waals surface area contributed by atoms with Crippen LogP contribution in [0.25, 0.3) is 22.4 Å². The van der Waals surface area contributed by atoms with E-state index in [4.69, 9.17) is 0 Å². The van der Waals surface area contributed by atoms with Gasteiger partial charge in [0, 0.05) is 18.9 Å². The maximum absolute atomic E-state index is 13.3. The van der Waals surface area contributed by atoms with Gasteiger partial charge in [-0.15, -0.1) is 24.8 Å². The number of hydrogen-bond acceptors (Lipinski definition) is 3. The fourth-order valence-corrected chi connectivity index (χ4v) is 2.90. The van der Waals surface area contributed by atoms with Crippen LogP contribution in [0.1, 0.15) is 0 Å². The standard InChI is InChI=1S/C15H13FN2O2S.2ClH/c1-18-14-9-11(16)5-8-13(14)17-15(18)10-3-6-12(7-4-10)21(2,19)20;;/h3-9H,1-2H3;2*1H. The molecule has 0 N–H and O–H groups in total. The Bertz CT molecular complexity index is 938. The smallest absolute Gasteiger partial charge is 0.175 e. The molecule has 4 nitrogen and oxygen atoms in total. The summed E-state index contributed by atoms with van der Waals surface area (Å²) in [5.41, 5.74) is 2.17. The second-order valence-corrected chi connectivity index (χ2v) is 6.94. The topological polar surface area (TPSA) is 52.0 Å². The zero-order chi connectivity index (χ0) is 15.2. The average molecular weight is 377 g/mol. The van der Waals surface area contributed by atoms with Crippen LogP contribution < -0.4 is 0 Å². The van der Waals surface area contributed by atoms with Crippen LogP contribution in [-0.4, -0.2) is 24.2 Å². The van der Waals surface area contributed by atoms with Crippen molar-refractivity contribution in [3.63, 3.8) is 0 Å². The number of aryl methyl sites for hydroxylation is 1. The van der Waals surface area contributed by atoms with E-state index in [1.54, 1.807) is 41.9 Å². The van der Waals surface area contributed by atoms with Gasteiger partial charge in [-0.1, -0.05) is 0 Å². The van der Waals surface area contributed by atoms with Crippen molar-refractivity contribution in [3.8, 4) is 11.4 Å². The lowest BCUT2D eigenvalue weighted by Gasteiger charge is -2.04. The molecule has 8 heteroatoms. The summed E-state index contributed by atoms with van der Waals surface area (Å²) in [7, 11) is -1.42. The molecule has 2 aromatic carbocycles. The molecule has 0 bridgehead atoms. The summed E-state index contributed by atoms with van der Waals surface area (Å²) < 4.78 is 38.0. The van der Waals surface area contributed by atoms with Gasteiger partial charge in [0.15, 0.2) is 9.84 Å². The second-order valence-electron chi connectivity index (χ2n) is 4.92. The van der Waals surface area contributed by atoms with Crippen LogP contribution in [0.15, 0.2) is 47.4 Å². The molecule has 0 spiro atoms. The first kappa shape index (κ1) is 19.4. The average Bonchev–Trinajstić information content (AvgIpc) is 2.75. The Morgan fingerprint density at radius 2 is 1.65 bits per heavy atom. The first-order valence-electron chi connectivity index (χ1n) is 6.29. The molecule has 0 atom stereocenters. The normalized spacial score (nSPS) is 10.9. The molecule has 0 amide bonds. The van der Waals surface area contributed by atoms with Gasteiger partial charge in [0.2, 0.25) is 0 Å². The van der Waals surface area contributed by atoms with Gasteiger partial charge >= 0.3 is 0 Å². The third kappa shape index (κ3) is 3.65. The lowest BCUT2D eigenvalue weighted by atomic mass is 10.2. The van der Waals surface area contributed by atoms with Crippen molar-refractivity contribution in [2.45, 2.75) is 4.90 Å². The molecule has 1 aromatic heterocycles. The Labute approximate surface area is 146 Å². The van der Waals surface area contributed by atoms with E-state index in [-0.39, 0.29) is 35.5 Å². The molecule has 0 fully saturated rings. The summed E-state index contributed by atoms with van der Waals surface area (Å²) in [5.74, 6) is 0.347. The molecule has 0 aliphatic heterocycles. The fraction of sp³-hybridized carbons (Fsp3) is 0.133.